The van der Waals surface area contributed by atoms with E-state index < -0.39 is 6.03 Å². The maximum absolute atomic E-state index is 13.1. The third-order valence-corrected chi connectivity index (χ3v) is 4.61. The molecule has 1 fully saturated rings. The molecule has 0 unspecified atom stereocenters. The van der Waals surface area contributed by atoms with Crippen molar-refractivity contribution in [1.82, 2.24) is 10.2 Å². The van der Waals surface area contributed by atoms with Gasteiger partial charge in [-0.25, -0.2) is 4.79 Å². The molecule has 2 heterocycles. The number of hydrogen-bond acceptors (Lipinski definition) is 3. The summed E-state index contributed by atoms with van der Waals surface area (Å²) >= 11 is 0. The molecule has 6 nitrogen and oxygen atoms in total. The Hall–Kier alpha value is -3.15. The highest BCUT2D eigenvalue weighted by Crippen LogP contribution is 2.28. The molecule has 2 aromatic rings. The molecule has 0 aromatic heterocycles. The second-order valence-corrected chi connectivity index (χ2v) is 6.20. The van der Waals surface area contributed by atoms with Crippen LogP contribution in [0.3, 0.4) is 0 Å². The van der Waals surface area contributed by atoms with E-state index in [-0.39, 0.29) is 24.8 Å². The van der Waals surface area contributed by atoms with E-state index in [0.29, 0.717) is 24.3 Å². The number of amides is 4. The van der Waals surface area contributed by atoms with Crippen LogP contribution in [0.15, 0.2) is 48.5 Å². The van der Waals surface area contributed by atoms with Crippen LogP contribution in [0.4, 0.5) is 10.5 Å². The molecule has 2 aliphatic heterocycles. The van der Waals surface area contributed by atoms with Crippen molar-refractivity contribution in [2.24, 2.45) is 0 Å². The first kappa shape index (κ1) is 15.4. The van der Waals surface area contributed by atoms with E-state index in [1.807, 2.05) is 24.3 Å². The van der Waals surface area contributed by atoms with Crippen LogP contribution in [-0.2, 0) is 17.9 Å². The third-order valence-electron chi connectivity index (χ3n) is 4.61. The van der Waals surface area contributed by atoms with E-state index in [9.17, 15) is 14.4 Å². The van der Waals surface area contributed by atoms with Gasteiger partial charge in [0.05, 0.1) is 11.3 Å². The lowest BCUT2D eigenvalue weighted by atomic mass is 10.1. The Morgan fingerprint density at radius 1 is 0.920 bits per heavy atom. The SMILES string of the molecule is O=C1CCN(c2ccccc2C(=O)N2Cc3ccccc3C2)C(=O)N1. The average molecular weight is 335 g/mol. The Balaban J connectivity index is 1.62. The number of fused-ring (bicyclic) bond motifs is 1. The first-order valence-electron chi connectivity index (χ1n) is 8.20. The van der Waals surface area contributed by atoms with E-state index in [4.69, 9.17) is 0 Å². The second-order valence-electron chi connectivity index (χ2n) is 6.20. The van der Waals surface area contributed by atoms with E-state index in [1.165, 1.54) is 4.90 Å². The smallest absolute Gasteiger partial charge is 0.328 e. The number of carbonyl (C=O) groups excluding carboxylic acids is 3. The highest BCUT2D eigenvalue weighted by Gasteiger charge is 2.30. The van der Waals surface area contributed by atoms with Gasteiger partial charge in [0, 0.05) is 26.1 Å². The Morgan fingerprint density at radius 2 is 1.56 bits per heavy atom. The van der Waals surface area contributed by atoms with Crippen LogP contribution in [0.2, 0.25) is 0 Å². The molecule has 126 valence electrons. The first-order chi connectivity index (χ1) is 12.1. The van der Waals surface area contributed by atoms with Gasteiger partial charge in [-0.3, -0.25) is 19.8 Å². The normalized spacial score (nSPS) is 16.6. The summed E-state index contributed by atoms with van der Waals surface area (Å²) in [6.45, 7) is 1.40. The number of carbonyl (C=O) groups is 3. The van der Waals surface area contributed by atoms with Gasteiger partial charge >= 0.3 is 6.03 Å². The standard InChI is InChI=1S/C19H17N3O3/c23-17-9-10-22(19(25)20-17)16-8-4-3-7-15(16)18(24)21-11-13-5-1-2-6-14(13)12-21/h1-8H,9-12H2,(H,20,23,25). The fourth-order valence-corrected chi connectivity index (χ4v) is 3.33. The number of anilines is 1. The molecule has 0 radical (unpaired) electrons. The van der Waals surface area contributed by atoms with E-state index in [0.717, 1.165) is 11.1 Å². The fourth-order valence-electron chi connectivity index (χ4n) is 3.33. The topological polar surface area (TPSA) is 69.7 Å². The van der Waals surface area contributed by atoms with Crippen molar-refractivity contribution in [3.8, 4) is 0 Å². The maximum atomic E-state index is 13.1. The predicted octanol–water partition coefficient (Wildman–Crippen LogP) is 2.29. The molecule has 1 saturated heterocycles. The number of benzene rings is 2. The van der Waals surface area contributed by atoms with Gasteiger partial charge in [-0.1, -0.05) is 36.4 Å². The van der Waals surface area contributed by atoms with Gasteiger partial charge in [0.1, 0.15) is 0 Å². The van der Waals surface area contributed by atoms with E-state index >= 15 is 0 Å². The van der Waals surface area contributed by atoms with Crippen LogP contribution in [0.25, 0.3) is 0 Å². The van der Waals surface area contributed by atoms with E-state index in [1.54, 1.807) is 29.2 Å². The highest BCUT2D eigenvalue weighted by atomic mass is 16.2. The lowest BCUT2D eigenvalue weighted by Gasteiger charge is -2.29. The number of para-hydroxylation sites is 1. The molecule has 0 aliphatic carbocycles. The molecule has 1 N–H and O–H groups in total. The molecule has 4 rings (SSSR count). The molecule has 0 atom stereocenters. The predicted molar refractivity (Wildman–Crippen MR) is 92.0 cm³/mol. The summed E-state index contributed by atoms with van der Waals surface area (Å²) in [4.78, 5) is 39.8. The van der Waals surface area contributed by atoms with Crippen molar-refractivity contribution in [3.05, 3.63) is 65.2 Å². The molecular weight excluding hydrogens is 318 g/mol. The van der Waals surface area contributed by atoms with Crippen molar-refractivity contribution in [1.29, 1.82) is 0 Å². The zero-order chi connectivity index (χ0) is 17.4. The monoisotopic (exact) mass is 335 g/mol. The Bertz CT molecular complexity index is 853. The number of nitrogens with one attached hydrogen (secondary N) is 1. The summed E-state index contributed by atoms with van der Waals surface area (Å²) in [5.74, 6) is -0.406. The summed E-state index contributed by atoms with van der Waals surface area (Å²) in [6.07, 6.45) is 0.226. The van der Waals surface area contributed by atoms with Gasteiger partial charge in [0.2, 0.25) is 5.91 Å². The Morgan fingerprint density at radius 3 is 2.24 bits per heavy atom. The number of nitrogens with zero attached hydrogens (tertiary/aromatic N) is 2. The molecule has 2 aliphatic rings. The zero-order valence-electron chi connectivity index (χ0n) is 13.6. The number of rotatable bonds is 2. The van der Waals surface area contributed by atoms with Crippen LogP contribution < -0.4 is 10.2 Å². The second kappa shape index (κ2) is 6.05. The van der Waals surface area contributed by atoms with Crippen LogP contribution in [0.5, 0.6) is 0 Å². The molecular formula is C19H17N3O3. The van der Waals surface area contributed by atoms with Crippen molar-refractivity contribution in [2.45, 2.75) is 19.5 Å². The first-order valence-corrected chi connectivity index (χ1v) is 8.20. The van der Waals surface area contributed by atoms with Crippen LogP contribution in [0, 0.1) is 0 Å². The summed E-state index contributed by atoms with van der Waals surface area (Å²) in [6, 6.07) is 14.5. The molecule has 4 amide bonds. The van der Waals surface area contributed by atoms with Gasteiger partial charge in [-0.15, -0.1) is 0 Å². The summed E-state index contributed by atoms with van der Waals surface area (Å²) in [7, 11) is 0. The highest BCUT2D eigenvalue weighted by molar-refractivity contribution is 6.09. The van der Waals surface area contributed by atoms with Crippen molar-refractivity contribution < 1.29 is 14.4 Å². The number of urea groups is 1. The average Bonchev–Trinajstić information content (AvgIpc) is 3.05. The molecule has 6 heteroatoms. The van der Waals surface area contributed by atoms with Crippen LogP contribution in [0.1, 0.15) is 27.9 Å². The molecule has 0 saturated carbocycles. The van der Waals surface area contributed by atoms with Crippen molar-refractivity contribution >= 4 is 23.5 Å². The summed E-state index contributed by atoms with van der Waals surface area (Å²) in [5, 5.41) is 2.30. The van der Waals surface area contributed by atoms with Gasteiger partial charge < -0.3 is 4.90 Å². The third kappa shape index (κ3) is 2.76. The van der Waals surface area contributed by atoms with Gasteiger partial charge in [0.15, 0.2) is 0 Å². The van der Waals surface area contributed by atoms with E-state index in [2.05, 4.69) is 5.32 Å². The molecule has 0 bridgehead atoms. The summed E-state index contributed by atoms with van der Waals surface area (Å²) < 4.78 is 0. The summed E-state index contributed by atoms with van der Waals surface area (Å²) in [5.41, 5.74) is 3.30. The Labute approximate surface area is 145 Å². The molecule has 0 spiro atoms. The number of imide groups is 1. The largest absolute Gasteiger partial charge is 0.330 e. The zero-order valence-corrected chi connectivity index (χ0v) is 13.6. The maximum Gasteiger partial charge on any atom is 0.328 e. The fraction of sp³-hybridized carbons (Fsp3) is 0.211. The lowest BCUT2D eigenvalue weighted by Crippen LogP contribution is -2.50. The minimum Gasteiger partial charge on any atom is -0.330 e. The van der Waals surface area contributed by atoms with Gasteiger partial charge in [-0.2, -0.15) is 0 Å². The van der Waals surface area contributed by atoms with Crippen molar-refractivity contribution in [3.63, 3.8) is 0 Å². The minimum atomic E-state index is -0.485. The van der Waals surface area contributed by atoms with Gasteiger partial charge in [-0.05, 0) is 23.3 Å². The Kier molecular flexibility index (Phi) is 3.72. The van der Waals surface area contributed by atoms with Crippen molar-refractivity contribution in [2.75, 3.05) is 11.4 Å². The lowest BCUT2D eigenvalue weighted by molar-refractivity contribution is -0.120. The molecule has 2 aromatic carbocycles. The van der Waals surface area contributed by atoms with Gasteiger partial charge in [0.25, 0.3) is 5.91 Å². The van der Waals surface area contributed by atoms with Crippen LogP contribution in [-0.4, -0.2) is 29.3 Å². The van der Waals surface area contributed by atoms with Crippen LogP contribution >= 0.6 is 0 Å². The minimum absolute atomic E-state index is 0.114. The quantitative estimate of drug-likeness (QED) is 0.915. The molecule has 25 heavy (non-hydrogen) atoms. The number of hydrogen-bond donors (Lipinski definition) is 1.